The molecule has 0 fully saturated rings. The second-order valence-electron chi connectivity index (χ2n) is 6.71. The molecule has 0 aliphatic carbocycles. The zero-order valence-corrected chi connectivity index (χ0v) is 15.6. The van der Waals surface area contributed by atoms with Crippen LogP contribution in [0.15, 0.2) is 59.7 Å². The Kier molecular flexibility index (Phi) is 5.66. The maximum absolute atomic E-state index is 13.1. The Bertz CT molecular complexity index is 1040. The smallest absolute Gasteiger partial charge is 0.269 e. The Morgan fingerprint density at radius 3 is 2.48 bits per heavy atom. The molecule has 0 unspecified atom stereocenters. The van der Waals surface area contributed by atoms with Crippen LogP contribution in [0.1, 0.15) is 24.0 Å². The van der Waals surface area contributed by atoms with E-state index in [1.54, 1.807) is 13.0 Å². The van der Waals surface area contributed by atoms with E-state index in [0.717, 1.165) is 5.56 Å². The van der Waals surface area contributed by atoms with Crippen molar-refractivity contribution in [3.8, 4) is 12.1 Å². The van der Waals surface area contributed by atoms with E-state index < -0.39 is 22.7 Å². The summed E-state index contributed by atoms with van der Waals surface area (Å²) >= 11 is 0. The third-order valence-corrected chi connectivity index (χ3v) is 4.89. The molecular weight excluding hydrogens is 370 g/mol. The van der Waals surface area contributed by atoms with Crippen LogP contribution in [-0.2, 0) is 11.3 Å². The number of non-ortho nitro benzene ring substituents is 1. The van der Waals surface area contributed by atoms with Gasteiger partial charge in [-0.05, 0) is 18.1 Å². The maximum Gasteiger partial charge on any atom is 0.269 e. The third kappa shape index (κ3) is 3.97. The van der Waals surface area contributed by atoms with Crippen LogP contribution in [0.5, 0.6) is 0 Å². The van der Waals surface area contributed by atoms with Crippen LogP contribution in [0.25, 0.3) is 0 Å². The number of nitriles is 2. The van der Waals surface area contributed by atoms with Crippen LogP contribution in [-0.4, -0.2) is 21.6 Å². The number of nitrogens with zero attached hydrogens (tertiary/aromatic N) is 5. The van der Waals surface area contributed by atoms with Crippen LogP contribution < -0.4 is 0 Å². The first kappa shape index (κ1) is 19.7. The lowest BCUT2D eigenvalue weighted by Crippen LogP contribution is -2.34. The summed E-state index contributed by atoms with van der Waals surface area (Å²) in [4.78, 5) is 23.8. The van der Waals surface area contributed by atoms with E-state index in [2.05, 4.69) is 5.10 Å². The topological polar surface area (TPSA) is 123 Å². The number of rotatable bonds is 6. The molecule has 29 heavy (non-hydrogen) atoms. The molecule has 144 valence electrons. The molecule has 1 amide bonds. The largest absolute Gasteiger partial charge is 0.272 e. The Morgan fingerprint density at radius 1 is 1.17 bits per heavy atom. The molecular formula is C21H17N5O3. The summed E-state index contributed by atoms with van der Waals surface area (Å²) in [6.45, 7) is 1.93. The number of hydrogen-bond acceptors (Lipinski definition) is 6. The Balaban J connectivity index is 1.99. The van der Waals surface area contributed by atoms with Crippen molar-refractivity contribution in [2.75, 3.05) is 0 Å². The zero-order chi connectivity index (χ0) is 21.0. The molecule has 8 heteroatoms. The predicted molar refractivity (Wildman–Crippen MR) is 104 cm³/mol. The number of carbonyl (C=O) groups is 1. The van der Waals surface area contributed by atoms with Crippen molar-refractivity contribution < 1.29 is 9.72 Å². The molecule has 2 aromatic carbocycles. The molecule has 1 heterocycles. The van der Waals surface area contributed by atoms with Gasteiger partial charge in [0.1, 0.15) is 5.92 Å². The summed E-state index contributed by atoms with van der Waals surface area (Å²) in [6, 6.07) is 18.9. The van der Waals surface area contributed by atoms with Crippen molar-refractivity contribution in [3.63, 3.8) is 0 Å². The van der Waals surface area contributed by atoms with Crippen molar-refractivity contribution >= 4 is 17.3 Å². The highest BCUT2D eigenvalue weighted by molar-refractivity contribution is 6.07. The van der Waals surface area contributed by atoms with Gasteiger partial charge >= 0.3 is 0 Å². The molecule has 0 N–H and O–H groups in total. The molecule has 1 aliphatic heterocycles. The standard InChI is InChI=1S/C21H17N5O3/c1-14-19(21(27)25(24-14)13-15-6-3-2-4-7-15)20(17(11-22)12-23)16-8-5-9-18(10-16)26(28)29/h2-10,17,19-20H,13H2,1H3/t19-,20+/m1/s1. The molecule has 8 nitrogen and oxygen atoms in total. The summed E-state index contributed by atoms with van der Waals surface area (Å²) in [5, 5.41) is 35.8. The Hall–Kier alpha value is -4.04. The fourth-order valence-electron chi connectivity index (χ4n) is 3.54. The molecule has 0 bridgehead atoms. The van der Waals surface area contributed by atoms with E-state index in [1.807, 2.05) is 42.5 Å². The lowest BCUT2D eigenvalue weighted by molar-refractivity contribution is -0.384. The molecule has 2 aromatic rings. The van der Waals surface area contributed by atoms with Gasteiger partial charge < -0.3 is 0 Å². The van der Waals surface area contributed by atoms with E-state index >= 15 is 0 Å². The predicted octanol–water partition coefficient (Wildman–Crippen LogP) is 3.38. The van der Waals surface area contributed by atoms with Gasteiger partial charge in [0, 0.05) is 23.8 Å². The van der Waals surface area contributed by atoms with E-state index in [9.17, 15) is 25.4 Å². The van der Waals surface area contributed by atoms with Crippen LogP contribution >= 0.6 is 0 Å². The number of hydrogen-bond donors (Lipinski definition) is 0. The normalized spacial score (nSPS) is 16.8. The molecule has 1 aliphatic rings. The van der Waals surface area contributed by atoms with Crippen LogP contribution in [0, 0.1) is 44.6 Å². The second-order valence-corrected chi connectivity index (χ2v) is 6.71. The average Bonchev–Trinajstić information content (AvgIpc) is 3.00. The SMILES string of the molecule is CC1=NN(Cc2ccccc2)C(=O)[C@H]1[C@@H](c1cccc([N+](=O)[O-])c1)C(C#N)C#N. The van der Waals surface area contributed by atoms with Crippen molar-refractivity contribution in [1.82, 2.24) is 5.01 Å². The number of benzene rings is 2. The molecule has 0 saturated heterocycles. The summed E-state index contributed by atoms with van der Waals surface area (Å²) in [5.41, 5.74) is 1.59. The summed E-state index contributed by atoms with van der Waals surface area (Å²) in [5.74, 6) is -3.20. The molecule has 0 spiro atoms. The monoisotopic (exact) mass is 387 g/mol. The lowest BCUT2D eigenvalue weighted by Gasteiger charge is -2.24. The third-order valence-electron chi connectivity index (χ3n) is 4.89. The average molecular weight is 387 g/mol. The number of carbonyl (C=O) groups excluding carboxylic acids is 1. The molecule has 0 saturated carbocycles. The summed E-state index contributed by atoms with van der Waals surface area (Å²) < 4.78 is 0. The summed E-state index contributed by atoms with van der Waals surface area (Å²) in [7, 11) is 0. The van der Waals surface area contributed by atoms with Crippen LogP contribution in [0.3, 0.4) is 0 Å². The quantitative estimate of drug-likeness (QED) is 0.555. The van der Waals surface area contributed by atoms with Crippen molar-refractivity contribution in [3.05, 3.63) is 75.8 Å². The zero-order valence-electron chi connectivity index (χ0n) is 15.6. The van der Waals surface area contributed by atoms with Gasteiger partial charge in [0.2, 0.25) is 0 Å². The van der Waals surface area contributed by atoms with Gasteiger partial charge in [0.25, 0.3) is 11.6 Å². The van der Waals surface area contributed by atoms with Gasteiger partial charge in [-0.25, -0.2) is 5.01 Å². The van der Waals surface area contributed by atoms with Gasteiger partial charge in [-0.2, -0.15) is 15.6 Å². The fourth-order valence-corrected chi connectivity index (χ4v) is 3.54. The first-order valence-electron chi connectivity index (χ1n) is 8.90. The minimum absolute atomic E-state index is 0.164. The summed E-state index contributed by atoms with van der Waals surface area (Å²) in [6.07, 6.45) is 0. The van der Waals surface area contributed by atoms with E-state index in [1.165, 1.54) is 23.2 Å². The first-order chi connectivity index (χ1) is 14.0. The van der Waals surface area contributed by atoms with Gasteiger partial charge in [0.05, 0.1) is 29.5 Å². The molecule has 3 rings (SSSR count). The van der Waals surface area contributed by atoms with E-state index in [4.69, 9.17) is 0 Å². The van der Waals surface area contributed by atoms with Crippen molar-refractivity contribution in [2.24, 2.45) is 16.9 Å². The van der Waals surface area contributed by atoms with Gasteiger partial charge in [-0.1, -0.05) is 42.5 Å². The fraction of sp³-hybridized carbons (Fsp3) is 0.238. The minimum atomic E-state index is -1.16. The van der Waals surface area contributed by atoms with Crippen molar-refractivity contribution in [2.45, 2.75) is 19.4 Å². The minimum Gasteiger partial charge on any atom is -0.272 e. The number of nitro benzene ring substituents is 1. The van der Waals surface area contributed by atoms with Crippen LogP contribution in [0.2, 0.25) is 0 Å². The number of hydrazone groups is 1. The van der Waals surface area contributed by atoms with Gasteiger partial charge in [0.15, 0.2) is 0 Å². The highest BCUT2D eigenvalue weighted by Gasteiger charge is 2.44. The van der Waals surface area contributed by atoms with Gasteiger partial charge in [-0.15, -0.1) is 0 Å². The van der Waals surface area contributed by atoms with E-state index in [-0.39, 0.29) is 18.1 Å². The second kappa shape index (κ2) is 8.32. The maximum atomic E-state index is 13.1. The lowest BCUT2D eigenvalue weighted by atomic mass is 9.75. The first-order valence-corrected chi connectivity index (χ1v) is 8.90. The Labute approximate surface area is 167 Å². The molecule has 0 aromatic heterocycles. The molecule has 2 atom stereocenters. The Morgan fingerprint density at radius 2 is 1.86 bits per heavy atom. The van der Waals surface area contributed by atoms with Gasteiger partial charge in [-0.3, -0.25) is 14.9 Å². The van der Waals surface area contributed by atoms with E-state index in [0.29, 0.717) is 11.3 Å². The highest BCUT2D eigenvalue weighted by atomic mass is 16.6. The molecule has 0 radical (unpaired) electrons. The highest BCUT2D eigenvalue weighted by Crippen LogP contribution is 2.38. The van der Waals surface area contributed by atoms with Crippen LogP contribution in [0.4, 0.5) is 5.69 Å². The number of amides is 1. The van der Waals surface area contributed by atoms with Crippen molar-refractivity contribution in [1.29, 1.82) is 10.5 Å². The number of nitro groups is 1.